The summed E-state index contributed by atoms with van der Waals surface area (Å²) in [6.45, 7) is 9.40. The molecule has 8 heteroatoms. The van der Waals surface area contributed by atoms with Crippen LogP contribution < -0.4 is 14.8 Å². The molecule has 28 heavy (non-hydrogen) atoms. The van der Waals surface area contributed by atoms with Crippen molar-refractivity contribution in [1.82, 2.24) is 15.4 Å². The van der Waals surface area contributed by atoms with Gasteiger partial charge in [0.2, 0.25) is 0 Å². The first-order valence-electron chi connectivity index (χ1n) is 9.38. The molecular formula is C20H29IN4O3. The molecule has 0 saturated carbocycles. The number of aryl methyl sites for hydroxylation is 2. The number of aliphatic imine (C=N–C) groups is 1. The Morgan fingerprint density at radius 2 is 1.96 bits per heavy atom. The van der Waals surface area contributed by atoms with E-state index in [2.05, 4.69) is 28.4 Å². The van der Waals surface area contributed by atoms with Gasteiger partial charge < -0.3 is 24.2 Å². The van der Waals surface area contributed by atoms with Crippen LogP contribution in [0.1, 0.15) is 29.5 Å². The number of nitrogens with one attached hydrogen (secondary N) is 1. The standard InChI is InChI=1S/C20H28N4O3.HI/c1-5-21-20(22-9-8-17-14(2)23-27-15(17)3)24(4)13-16-6-7-18-19(12-16)26-11-10-25-18;/h6-7,12H,5,8-11,13H2,1-4H3,(H,21,22);1H. The first-order chi connectivity index (χ1) is 13.1. The summed E-state index contributed by atoms with van der Waals surface area (Å²) in [4.78, 5) is 6.87. The Labute approximate surface area is 183 Å². The van der Waals surface area contributed by atoms with Gasteiger partial charge in [-0.25, -0.2) is 0 Å². The van der Waals surface area contributed by atoms with Gasteiger partial charge in [-0.05, 0) is 44.9 Å². The van der Waals surface area contributed by atoms with Crippen LogP contribution in [-0.4, -0.2) is 49.4 Å². The van der Waals surface area contributed by atoms with Gasteiger partial charge in [0.05, 0.1) is 5.69 Å². The van der Waals surface area contributed by atoms with E-state index in [1.807, 2.05) is 33.0 Å². The molecular weight excluding hydrogens is 471 g/mol. The number of hydrogen-bond donors (Lipinski definition) is 1. The van der Waals surface area contributed by atoms with Crippen LogP contribution in [0.15, 0.2) is 27.7 Å². The highest BCUT2D eigenvalue weighted by atomic mass is 127. The summed E-state index contributed by atoms with van der Waals surface area (Å²) in [5, 5.41) is 7.36. The van der Waals surface area contributed by atoms with Crippen LogP contribution in [0.5, 0.6) is 11.5 Å². The highest BCUT2D eigenvalue weighted by molar-refractivity contribution is 14.0. The summed E-state index contributed by atoms with van der Waals surface area (Å²) in [6.07, 6.45) is 0.813. The molecule has 1 aliphatic heterocycles. The Hall–Kier alpha value is -1.97. The number of fused-ring (bicyclic) bond motifs is 1. The number of rotatable bonds is 6. The molecule has 3 rings (SSSR count). The second kappa shape index (κ2) is 10.5. The third-order valence-electron chi connectivity index (χ3n) is 4.53. The number of halogens is 1. The first kappa shape index (κ1) is 22.3. The van der Waals surface area contributed by atoms with Gasteiger partial charge in [-0.1, -0.05) is 11.2 Å². The van der Waals surface area contributed by atoms with Crippen LogP contribution in [0.25, 0.3) is 0 Å². The molecule has 0 aliphatic carbocycles. The Morgan fingerprint density at radius 3 is 2.64 bits per heavy atom. The number of hydrogen-bond acceptors (Lipinski definition) is 5. The number of nitrogens with zero attached hydrogens (tertiary/aromatic N) is 3. The van der Waals surface area contributed by atoms with Gasteiger partial charge in [0.1, 0.15) is 19.0 Å². The average Bonchev–Trinajstić information content (AvgIpc) is 2.99. The molecule has 2 heterocycles. The summed E-state index contributed by atoms with van der Waals surface area (Å²) in [5.41, 5.74) is 3.24. The molecule has 0 spiro atoms. The first-order valence-corrected chi connectivity index (χ1v) is 9.38. The maximum absolute atomic E-state index is 5.68. The lowest BCUT2D eigenvalue weighted by atomic mass is 10.1. The fourth-order valence-electron chi connectivity index (χ4n) is 3.14. The monoisotopic (exact) mass is 500 g/mol. The number of guanidine groups is 1. The van der Waals surface area contributed by atoms with E-state index in [9.17, 15) is 0 Å². The van der Waals surface area contributed by atoms with Gasteiger partial charge in [-0.2, -0.15) is 0 Å². The fraction of sp³-hybridized carbons (Fsp3) is 0.500. The second-order valence-corrected chi connectivity index (χ2v) is 6.62. The SMILES string of the molecule is CCNC(=NCCc1c(C)noc1C)N(C)Cc1ccc2c(c1)OCCO2.I. The maximum atomic E-state index is 5.68. The zero-order chi connectivity index (χ0) is 19.2. The van der Waals surface area contributed by atoms with Crippen LogP contribution in [0.3, 0.4) is 0 Å². The summed E-state index contributed by atoms with van der Waals surface area (Å²) < 4.78 is 16.5. The van der Waals surface area contributed by atoms with Gasteiger partial charge in [0, 0.05) is 32.2 Å². The minimum atomic E-state index is 0. The molecule has 0 bridgehead atoms. The van der Waals surface area contributed by atoms with E-state index in [1.165, 1.54) is 0 Å². The Kier molecular flexibility index (Phi) is 8.40. The van der Waals surface area contributed by atoms with E-state index in [-0.39, 0.29) is 24.0 Å². The Balaban J connectivity index is 0.00000280. The van der Waals surface area contributed by atoms with E-state index >= 15 is 0 Å². The molecule has 0 saturated heterocycles. The van der Waals surface area contributed by atoms with E-state index in [0.717, 1.165) is 59.5 Å². The molecule has 0 fully saturated rings. The van der Waals surface area contributed by atoms with E-state index in [4.69, 9.17) is 19.0 Å². The predicted molar refractivity (Wildman–Crippen MR) is 120 cm³/mol. The maximum Gasteiger partial charge on any atom is 0.193 e. The lowest BCUT2D eigenvalue weighted by Gasteiger charge is -2.24. The minimum absolute atomic E-state index is 0. The van der Waals surface area contributed by atoms with Crippen molar-refractivity contribution in [3.05, 3.63) is 40.8 Å². The van der Waals surface area contributed by atoms with Gasteiger partial charge >= 0.3 is 0 Å². The third-order valence-corrected chi connectivity index (χ3v) is 4.53. The van der Waals surface area contributed by atoms with Gasteiger partial charge in [0.25, 0.3) is 0 Å². The molecule has 1 aromatic carbocycles. The zero-order valence-electron chi connectivity index (χ0n) is 16.9. The topological polar surface area (TPSA) is 72.1 Å². The quantitative estimate of drug-likeness (QED) is 0.373. The van der Waals surface area contributed by atoms with E-state index < -0.39 is 0 Å². The number of benzene rings is 1. The van der Waals surface area contributed by atoms with Gasteiger partial charge in [-0.3, -0.25) is 4.99 Å². The normalized spacial score (nSPS) is 13.1. The van der Waals surface area contributed by atoms with Crippen molar-refractivity contribution in [3.63, 3.8) is 0 Å². The number of aromatic nitrogens is 1. The molecule has 1 N–H and O–H groups in total. The summed E-state index contributed by atoms with van der Waals surface area (Å²) in [7, 11) is 2.04. The van der Waals surface area contributed by atoms with Crippen LogP contribution in [-0.2, 0) is 13.0 Å². The molecule has 154 valence electrons. The lowest BCUT2D eigenvalue weighted by molar-refractivity contribution is 0.171. The van der Waals surface area contributed by atoms with Crippen LogP contribution in [0.4, 0.5) is 0 Å². The van der Waals surface area contributed by atoms with Crippen molar-refractivity contribution in [1.29, 1.82) is 0 Å². The highest BCUT2D eigenvalue weighted by Crippen LogP contribution is 2.31. The summed E-state index contributed by atoms with van der Waals surface area (Å²) >= 11 is 0. The van der Waals surface area contributed by atoms with Crippen molar-refractivity contribution in [2.75, 3.05) is 33.4 Å². The predicted octanol–water partition coefficient (Wildman–Crippen LogP) is 3.32. The summed E-state index contributed by atoms with van der Waals surface area (Å²) in [5.74, 6) is 3.37. The fourth-order valence-corrected chi connectivity index (χ4v) is 3.14. The van der Waals surface area contributed by atoms with Crippen molar-refractivity contribution in [2.24, 2.45) is 4.99 Å². The smallest absolute Gasteiger partial charge is 0.193 e. The molecule has 7 nitrogen and oxygen atoms in total. The Morgan fingerprint density at radius 1 is 1.21 bits per heavy atom. The molecule has 0 atom stereocenters. The zero-order valence-corrected chi connectivity index (χ0v) is 19.3. The molecule has 2 aromatic rings. The Bertz CT molecular complexity index is 787. The van der Waals surface area contributed by atoms with E-state index in [1.54, 1.807) is 0 Å². The van der Waals surface area contributed by atoms with Gasteiger partial charge in [0.15, 0.2) is 17.5 Å². The molecule has 1 aliphatic rings. The van der Waals surface area contributed by atoms with Crippen LogP contribution >= 0.6 is 24.0 Å². The van der Waals surface area contributed by atoms with Crippen LogP contribution in [0, 0.1) is 13.8 Å². The van der Waals surface area contributed by atoms with Crippen LogP contribution in [0.2, 0.25) is 0 Å². The lowest BCUT2D eigenvalue weighted by Crippen LogP contribution is -2.38. The highest BCUT2D eigenvalue weighted by Gasteiger charge is 2.14. The molecule has 1 aromatic heterocycles. The number of ether oxygens (including phenoxy) is 2. The molecule has 0 unspecified atom stereocenters. The second-order valence-electron chi connectivity index (χ2n) is 6.62. The van der Waals surface area contributed by atoms with Crippen molar-refractivity contribution < 1.29 is 14.0 Å². The minimum Gasteiger partial charge on any atom is -0.486 e. The van der Waals surface area contributed by atoms with Gasteiger partial charge in [-0.15, -0.1) is 24.0 Å². The summed E-state index contributed by atoms with van der Waals surface area (Å²) in [6, 6.07) is 6.08. The van der Waals surface area contributed by atoms with E-state index in [0.29, 0.717) is 19.8 Å². The largest absolute Gasteiger partial charge is 0.486 e. The van der Waals surface area contributed by atoms with Crippen molar-refractivity contribution in [2.45, 2.75) is 33.7 Å². The van der Waals surface area contributed by atoms with Crippen molar-refractivity contribution in [3.8, 4) is 11.5 Å². The third kappa shape index (κ3) is 5.52. The average molecular weight is 500 g/mol. The molecule has 0 radical (unpaired) electrons. The van der Waals surface area contributed by atoms with Crippen molar-refractivity contribution >= 4 is 29.9 Å². The molecule has 0 amide bonds.